The van der Waals surface area contributed by atoms with E-state index in [0.29, 0.717) is 25.7 Å². The molecular weight excluding hydrogens is 1350 g/mol. The third-order valence-corrected chi connectivity index (χ3v) is 21.9. The number of carbonyl (C=O) groups is 4. The summed E-state index contributed by atoms with van der Waals surface area (Å²) in [5.41, 5.74) is 0. The predicted octanol–water partition coefficient (Wildman–Crippen LogP) is 26.0. The van der Waals surface area contributed by atoms with E-state index in [-0.39, 0.29) is 25.7 Å². The molecule has 0 spiro atoms. The first-order valence-electron chi connectivity index (χ1n) is 44.1. The summed E-state index contributed by atoms with van der Waals surface area (Å²) in [5, 5.41) is 10.7. The summed E-state index contributed by atoms with van der Waals surface area (Å²) in [7, 11) is -9.92. The summed E-state index contributed by atoms with van der Waals surface area (Å²) >= 11 is 0. The summed E-state index contributed by atoms with van der Waals surface area (Å²) in [5.74, 6) is -1.28. The second kappa shape index (κ2) is 77.8. The minimum atomic E-state index is -4.96. The van der Waals surface area contributed by atoms with Gasteiger partial charge < -0.3 is 33.8 Å². The molecule has 618 valence electrons. The topological polar surface area (TPSA) is 237 Å². The van der Waals surface area contributed by atoms with Gasteiger partial charge in [-0.3, -0.25) is 37.3 Å². The number of hydrogen-bond acceptors (Lipinski definition) is 15. The van der Waals surface area contributed by atoms with Gasteiger partial charge in [0.1, 0.15) is 19.3 Å². The number of phosphoric acid groups is 2. The van der Waals surface area contributed by atoms with Gasteiger partial charge in [0, 0.05) is 25.7 Å². The maximum atomic E-state index is 13.1. The van der Waals surface area contributed by atoms with Crippen LogP contribution < -0.4 is 0 Å². The number of phosphoric ester groups is 2. The maximum absolute atomic E-state index is 13.1. The van der Waals surface area contributed by atoms with E-state index in [4.69, 9.17) is 37.0 Å². The number of unbranched alkanes of at least 4 members (excludes halogenated alkanes) is 57. The van der Waals surface area contributed by atoms with Gasteiger partial charge in [0.05, 0.1) is 26.4 Å². The Balaban J connectivity index is 5.21. The molecule has 0 aromatic heterocycles. The predicted molar refractivity (Wildman–Crippen MR) is 428 cm³/mol. The fourth-order valence-electron chi connectivity index (χ4n) is 13.3. The Morgan fingerprint density at radius 2 is 0.442 bits per heavy atom. The van der Waals surface area contributed by atoms with Crippen molar-refractivity contribution in [1.82, 2.24) is 0 Å². The third-order valence-electron chi connectivity index (χ3n) is 20.0. The zero-order chi connectivity index (χ0) is 76.2. The van der Waals surface area contributed by atoms with Crippen molar-refractivity contribution < 1.29 is 80.2 Å². The number of ether oxygens (including phenoxy) is 4. The van der Waals surface area contributed by atoms with Crippen molar-refractivity contribution in [3.8, 4) is 0 Å². The van der Waals surface area contributed by atoms with Crippen molar-refractivity contribution in [3.63, 3.8) is 0 Å². The van der Waals surface area contributed by atoms with Gasteiger partial charge >= 0.3 is 39.5 Å². The van der Waals surface area contributed by atoms with Crippen LogP contribution in [0.25, 0.3) is 0 Å². The van der Waals surface area contributed by atoms with Gasteiger partial charge in [-0.2, -0.15) is 0 Å². The van der Waals surface area contributed by atoms with Gasteiger partial charge in [0.15, 0.2) is 12.2 Å². The fourth-order valence-corrected chi connectivity index (χ4v) is 14.9. The molecule has 5 atom stereocenters. The first-order chi connectivity index (χ1) is 50.5. The number of hydrogen-bond donors (Lipinski definition) is 3. The van der Waals surface area contributed by atoms with Crippen LogP contribution in [0.15, 0.2) is 0 Å². The zero-order valence-electron chi connectivity index (χ0n) is 68.2. The van der Waals surface area contributed by atoms with Crippen molar-refractivity contribution in [2.45, 2.75) is 477 Å². The molecule has 0 aromatic carbocycles. The molecule has 0 amide bonds. The Hall–Kier alpha value is -1.94. The third kappa shape index (κ3) is 78.2. The van der Waals surface area contributed by atoms with Crippen LogP contribution in [-0.2, 0) is 65.4 Å². The number of rotatable bonds is 85. The van der Waals surface area contributed by atoms with Crippen LogP contribution in [0.1, 0.15) is 458 Å². The highest BCUT2D eigenvalue weighted by atomic mass is 31.2. The van der Waals surface area contributed by atoms with E-state index >= 15 is 0 Å². The lowest BCUT2D eigenvalue weighted by atomic mass is 10.0. The molecule has 0 saturated heterocycles. The molecule has 0 aliphatic rings. The molecule has 0 heterocycles. The molecule has 0 aliphatic carbocycles. The van der Waals surface area contributed by atoms with Crippen LogP contribution in [0, 0.1) is 5.92 Å². The summed E-state index contributed by atoms with van der Waals surface area (Å²) < 4.78 is 68.8. The fraction of sp³-hybridized carbons (Fsp3) is 0.953. The lowest BCUT2D eigenvalue weighted by Crippen LogP contribution is -2.30. The van der Waals surface area contributed by atoms with E-state index in [1.807, 2.05) is 0 Å². The van der Waals surface area contributed by atoms with Crippen molar-refractivity contribution in [3.05, 3.63) is 0 Å². The standard InChI is InChI=1S/C85H166O17P2/c1-6-9-12-15-18-21-24-26-27-28-29-30-34-37-40-45-49-54-59-64-69-83(88)96-75-81(102-85(90)71-66-61-56-51-46-41-38-35-32-31-33-36-39-43-47-52-57-62-67-78(4)5)77-100-104(93,94)98-73-79(86)72-97-103(91,92)99-76-80(74-95-82(87)68-63-58-53-48-42-23-20-17-14-11-8-3)101-84(89)70-65-60-55-50-44-25-22-19-16-13-10-7-2/h78-81,86H,6-77H2,1-5H3,(H,91,92)(H,93,94)/t79-,80+,81+/m0/s1. The van der Waals surface area contributed by atoms with Gasteiger partial charge in [-0.15, -0.1) is 0 Å². The van der Waals surface area contributed by atoms with Crippen molar-refractivity contribution in [1.29, 1.82) is 0 Å². The Kier molecular flexibility index (Phi) is 76.3. The minimum absolute atomic E-state index is 0.108. The highest BCUT2D eigenvalue weighted by Gasteiger charge is 2.30. The van der Waals surface area contributed by atoms with E-state index in [1.165, 1.54) is 283 Å². The van der Waals surface area contributed by atoms with Crippen LogP contribution in [0.4, 0.5) is 0 Å². The lowest BCUT2D eigenvalue weighted by Gasteiger charge is -2.21. The van der Waals surface area contributed by atoms with Crippen LogP contribution in [0.3, 0.4) is 0 Å². The monoisotopic (exact) mass is 1520 g/mol. The highest BCUT2D eigenvalue weighted by molar-refractivity contribution is 7.47. The summed E-state index contributed by atoms with van der Waals surface area (Å²) in [6.45, 7) is 7.39. The zero-order valence-corrected chi connectivity index (χ0v) is 70.0. The van der Waals surface area contributed by atoms with E-state index in [9.17, 15) is 43.2 Å². The second-order valence-electron chi connectivity index (χ2n) is 31.1. The second-order valence-corrected chi connectivity index (χ2v) is 34.0. The highest BCUT2D eigenvalue weighted by Crippen LogP contribution is 2.45. The number of carbonyl (C=O) groups excluding carboxylic acids is 4. The van der Waals surface area contributed by atoms with Crippen LogP contribution in [0.5, 0.6) is 0 Å². The van der Waals surface area contributed by atoms with Crippen molar-refractivity contribution in [2.75, 3.05) is 39.6 Å². The smallest absolute Gasteiger partial charge is 0.462 e. The molecule has 0 aromatic rings. The van der Waals surface area contributed by atoms with E-state index in [0.717, 1.165) is 95.8 Å². The van der Waals surface area contributed by atoms with Gasteiger partial charge in [0.25, 0.3) is 0 Å². The molecule has 0 rings (SSSR count). The molecule has 3 N–H and O–H groups in total. The summed E-state index contributed by atoms with van der Waals surface area (Å²) in [6.07, 6.45) is 70.8. The minimum Gasteiger partial charge on any atom is -0.462 e. The molecule has 0 bridgehead atoms. The quantitative estimate of drug-likeness (QED) is 0.0222. The average Bonchev–Trinajstić information content (AvgIpc) is 0.903. The molecule has 17 nitrogen and oxygen atoms in total. The molecule has 0 radical (unpaired) electrons. The summed E-state index contributed by atoms with van der Waals surface area (Å²) in [6, 6.07) is 0. The van der Waals surface area contributed by atoms with Crippen molar-refractivity contribution in [2.24, 2.45) is 5.92 Å². The molecule has 0 aliphatic heterocycles. The Morgan fingerprint density at radius 1 is 0.260 bits per heavy atom. The number of esters is 4. The molecule has 2 unspecified atom stereocenters. The normalized spacial score (nSPS) is 13.8. The SMILES string of the molecule is CCCCCCCCCCCCCCCCCCCCCCC(=O)OC[C@H](COP(=O)(O)OC[C@@H](O)COP(=O)(O)OC[C@@H](COC(=O)CCCCCCCCCCCCC)OC(=O)CCCCCCCCCCCCCC)OC(=O)CCCCCCCCCCCCCCCCCCCCC(C)C. The molecular formula is C85H166O17P2. The molecule has 104 heavy (non-hydrogen) atoms. The van der Waals surface area contributed by atoms with Gasteiger partial charge in [0.2, 0.25) is 0 Å². The largest absolute Gasteiger partial charge is 0.472 e. The molecule has 0 fully saturated rings. The maximum Gasteiger partial charge on any atom is 0.472 e. The van der Waals surface area contributed by atoms with Crippen molar-refractivity contribution >= 4 is 39.5 Å². The lowest BCUT2D eigenvalue weighted by molar-refractivity contribution is -0.161. The Morgan fingerprint density at radius 3 is 0.654 bits per heavy atom. The van der Waals surface area contributed by atoms with Gasteiger partial charge in [-0.05, 0) is 31.6 Å². The van der Waals surface area contributed by atoms with E-state index in [1.54, 1.807) is 0 Å². The van der Waals surface area contributed by atoms with Crippen LogP contribution in [0.2, 0.25) is 0 Å². The van der Waals surface area contributed by atoms with Crippen LogP contribution >= 0.6 is 15.6 Å². The Bertz CT molecular complexity index is 1980. The Labute approximate surface area is 638 Å². The first-order valence-corrected chi connectivity index (χ1v) is 47.1. The average molecular weight is 1520 g/mol. The van der Waals surface area contributed by atoms with Gasteiger partial charge in [-0.1, -0.05) is 407 Å². The first kappa shape index (κ1) is 102. The molecule has 0 saturated carbocycles. The van der Waals surface area contributed by atoms with Gasteiger partial charge in [-0.25, -0.2) is 9.13 Å². The number of aliphatic hydroxyl groups excluding tert-OH is 1. The van der Waals surface area contributed by atoms with E-state index < -0.39 is 97.5 Å². The molecule has 19 heteroatoms. The van der Waals surface area contributed by atoms with E-state index in [2.05, 4.69) is 34.6 Å². The number of aliphatic hydroxyl groups is 1. The summed E-state index contributed by atoms with van der Waals surface area (Å²) in [4.78, 5) is 73.1. The van der Waals surface area contributed by atoms with Crippen LogP contribution in [-0.4, -0.2) is 96.7 Å².